The summed E-state index contributed by atoms with van der Waals surface area (Å²) in [4.78, 5) is 4.78. The molecule has 0 N–H and O–H groups in total. The number of para-hydroxylation sites is 3. The largest absolute Gasteiger partial charge is 0.310 e. The number of hydrogen-bond acceptors (Lipinski definition) is 2. The fourth-order valence-electron chi connectivity index (χ4n) is 6.86. The van der Waals surface area contributed by atoms with Gasteiger partial charge in [-0.3, -0.25) is 0 Å². The highest BCUT2D eigenvalue weighted by molar-refractivity contribution is 6.28. The van der Waals surface area contributed by atoms with Gasteiger partial charge in [0.15, 0.2) is 0 Å². The van der Waals surface area contributed by atoms with Crippen molar-refractivity contribution in [3.05, 3.63) is 169 Å². The molecule has 0 aromatic heterocycles. The minimum absolute atomic E-state index is 0.0915. The summed E-state index contributed by atoms with van der Waals surface area (Å²) >= 11 is 0. The number of benzene rings is 8. The van der Waals surface area contributed by atoms with Crippen LogP contribution in [0.25, 0.3) is 32.3 Å². The molecule has 0 saturated heterocycles. The third kappa shape index (κ3) is 4.74. The molecule has 8 aromatic carbocycles. The average molecular weight is 593 g/mol. The molecule has 0 unspecified atom stereocenters. The van der Waals surface area contributed by atoms with Crippen molar-refractivity contribution in [3.8, 4) is 0 Å². The third-order valence-corrected chi connectivity index (χ3v) is 9.14. The van der Waals surface area contributed by atoms with Gasteiger partial charge < -0.3 is 9.80 Å². The summed E-state index contributed by atoms with van der Waals surface area (Å²) in [6.45, 7) is 6.80. The number of anilines is 6. The zero-order valence-corrected chi connectivity index (χ0v) is 26.5. The Labute approximate surface area is 271 Å². The number of rotatable bonds is 6. The second-order valence-electron chi connectivity index (χ2n) is 13.1. The highest BCUT2D eigenvalue weighted by atomic mass is 15.1. The Morgan fingerprint density at radius 1 is 0.348 bits per heavy atom. The van der Waals surface area contributed by atoms with Gasteiger partial charge >= 0.3 is 0 Å². The highest BCUT2D eigenvalue weighted by Gasteiger charge is 2.22. The molecule has 0 aliphatic heterocycles. The molecule has 0 amide bonds. The van der Waals surface area contributed by atoms with Crippen molar-refractivity contribution in [1.82, 2.24) is 0 Å². The molecule has 2 heteroatoms. The van der Waals surface area contributed by atoms with Gasteiger partial charge in [-0.2, -0.15) is 0 Å². The van der Waals surface area contributed by atoms with E-state index in [0.717, 1.165) is 22.7 Å². The summed E-state index contributed by atoms with van der Waals surface area (Å²) in [6.07, 6.45) is 0. The van der Waals surface area contributed by atoms with Crippen LogP contribution < -0.4 is 9.80 Å². The van der Waals surface area contributed by atoms with Crippen LogP contribution in [0.4, 0.5) is 34.1 Å². The minimum Gasteiger partial charge on any atom is -0.310 e. The van der Waals surface area contributed by atoms with E-state index in [9.17, 15) is 0 Å². The fourth-order valence-corrected chi connectivity index (χ4v) is 6.86. The van der Waals surface area contributed by atoms with Crippen LogP contribution in [0.5, 0.6) is 0 Å². The van der Waals surface area contributed by atoms with Crippen LogP contribution >= 0.6 is 0 Å². The van der Waals surface area contributed by atoms with E-state index in [-0.39, 0.29) is 5.41 Å². The SMILES string of the molecule is CC(C)(C)c1ccc(N(c2ccccc2)c2ccc3ccc4c(N(c5ccccc5)c5ccccc5)ccc5ccc2c3c54)cc1. The molecule has 0 bridgehead atoms. The summed E-state index contributed by atoms with van der Waals surface area (Å²) in [7, 11) is 0. The van der Waals surface area contributed by atoms with Crippen LogP contribution in [0.1, 0.15) is 26.3 Å². The fraction of sp³-hybridized carbons (Fsp3) is 0.0909. The van der Waals surface area contributed by atoms with E-state index in [1.165, 1.54) is 49.3 Å². The van der Waals surface area contributed by atoms with E-state index in [0.29, 0.717) is 0 Å². The Bertz CT molecular complexity index is 2230. The molecule has 0 aliphatic rings. The zero-order valence-electron chi connectivity index (χ0n) is 26.5. The highest BCUT2D eigenvalue weighted by Crippen LogP contribution is 2.47. The van der Waals surface area contributed by atoms with Gasteiger partial charge in [0.25, 0.3) is 0 Å². The van der Waals surface area contributed by atoms with Gasteiger partial charge in [0, 0.05) is 33.5 Å². The van der Waals surface area contributed by atoms with E-state index >= 15 is 0 Å². The molecule has 8 aromatic rings. The standard InChI is InChI=1S/C44H36N2/c1-44(2,3)33-23-25-37(26-24-33)46(36-17-11-6-12-18-36)41-30-22-32-19-27-38-40(29-21-31-20-28-39(41)43(32)42(31)38)45(34-13-7-4-8-14-34)35-15-9-5-10-16-35/h4-30H,1-3H3. The summed E-state index contributed by atoms with van der Waals surface area (Å²) in [6, 6.07) is 59.5. The molecule has 2 nitrogen and oxygen atoms in total. The van der Waals surface area contributed by atoms with Crippen molar-refractivity contribution in [1.29, 1.82) is 0 Å². The van der Waals surface area contributed by atoms with Crippen molar-refractivity contribution in [2.45, 2.75) is 26.2 Å². The molecule has 0 fully saturated rings. The molecular weight excluding hydrogens is 556 g/mol. The number of hydrogen-bond donors (Lipinski definition) is 0. The molecule has 0 spiro atoms. The first-order valence-electron chi connectivity index (χ1n) is 16.0. The van der Waals surface area contributed by atoms with Crippen LogP contribution in [-0.2, 0) is 5.41 Å². The first-order chi connectivity index (χ1) is 22.5. The Hall–Kier alpha value is -5.60. The Balaban J connectivity index is 1.38. The predicted octanol–water partition coefficient (Wildman–Crippen LogP) is 12.8. The van der Waals surface area contributed by atoms with E-state index in [1.807, 2.05) is 0 Å². The second-order valence-corrected chi connectivity index (χ2v) is 13.1. The van der Waals surface area contributed by atoms with E-state index < -0.39 is 0 Å². The Morgan fingerprint density at radius 3 is 1.07 bits per heavy atom. The van der Waals surface area contributed by atoms with Crippen LogP contribution in [0, 0.1) is 0 Å². The average Bonchev–Trinajstić information content (AvgIpc) is 3.10. The maximum absolute atomic E-state index is 2.40. The van der Waals surface area contributed by atoms with Crippen molar-refractivity contribution in [3.63, 3.8) is 0 Å². The van der Waals surface area contributed by atoms with E-state index in [4.69, 9.17) is 0 Å². The van der Waals surface area contributed by atoms with Crippen molar-refractivity contribution in [2.75, 3.05) is 9.80 Å². The monoisotopic (exact) mass is 592 g/mol. The summed E-state index contributed by atoms with van der Waals surface area (Å²) in [5.74, 6) is 0. The first kappa shape index (κ1) is 27.9. The normalized spacial score (nSPS) is 11.8. The van der Waals surface area contributed by atoms with Crippen LogP contribution in [0.15, 0.2) is 164 Å². The summed E-state index contributed by atoms with van der Waals surface area (Å²) < 4.78 is 0. The lowest BCUT2D eigenvalue weighted by Crippen LogP contribution is -2.13. The molecule has 0 heterocycles. The van der Waals surface area contributed by atoms with Crippen molar-refractivity contribution >= 4 is 66.4 Å². The van der Waals surface area contributed by atoms with Gasteiger partial charge in [-0.25, -0.2) is 0 Å². The van der Waals surface area contributed by atoms with Crippen LogP contribution in [-0.4, -0.2) is 0 Å². The van der Waals surface area contributed by atoms with Gasteiger partial charge in [-0.1, -0.05) is 124 Å². The molecular formula is C44H36N2. The smallest absolute Gasteiger partial charge is 0.0540 e. The number of nitrogens with zero attached hydrogens (tertiary/aromatic N) is 2. The summed E-state index contributed by atoms with van der Waals surface area (Å²) in [5, 5.41) is 7.56. The molecule has 46 heavy (non-hydrogen) atoms. The predicted molar refractivity (Wildman–Crippen MR) is 198 cm³/mol. The van der Waals surface area contributed by atoms with Crippen molar-refractivity contribution < 1.29 is 0 Å². The molecule has 0 saturated carbocycles. The molecule has 0 aliphatic carbocycles. The maximum atomic E-state index is 2.40. The molecule has 0 radical (unpaired) electrons. The second kappa shape index (κ2) is 11.1. The quantitative estimate of drug-likeness (QED) is 0.177. The molecule has 0 atom stereocenters. The Kier molecular flexibility index (Phi) is 6.73. The minimum atomic E-state index is 0.0915. The topological polar surface area (TPSA) is 6.48 Å². The lowest BCUT2D eigenvalue weighted by Gasteiger charge is -2.29. The first-order valence-corrected chi connectivity index (χ1v) is 16.0. The van der Waals surface area contributed by atoms with E-state index in [1.54, 1.807) is 0 Å². The lowest BCUT2D eigenvalue weighted by molar-refractivity contribution is 0.590. The van der Waals surface area contributed by atoms with Crippen LogP contribution in [0.2, 0.25) is 0 Å². The Morgan fingerprint density at radius 2 is 0.696 bits per heavy atom. The summed E-state index contributed by atoms with van der Waals surface area (Å²) in [5.41, 5.74) is 8.32. The van der Waals surface area contributed by atoms with Gasteiger partial charge in [0.1, 0.15) is 0 Å². The molecule has 222 valence electrons. The van der Waals surface area contributed by atoms with Crippen molar-refractivity contribution in [2.24, 2.45) is 0 Å². The molecule has 8 rings (SSSR count). The maximum Gasteiger partial charge on any atom is 0.0540 e. The van der Waals surface area contributed by atoms with Gasteiger partial charge in [-0.05, 0) is 93.2 Å². The lowest BCUT2D eigenvalue weighted by atomic mass is 9.87. The van der Waals surface area contributed by atoms with Gasteiger partial charge in [-0.15, -0.1) is 0 Å². The van der Waals surface area contributed by atoms with E-state index in [2.05, 4.69) is 194 Å². The zero-order chi connectivity index (χ0) is 31.3. The van der Waals surface area contributed by atoms with Gasteiger partial charge in [0.2, 0.25) is 0 Å². The van der Waals surface area contributed by atoms with Crippen LogP contribution in [0.3, 0.4) is 0 Å². The van der Waals surface area contributed by atoms with Gasteiger partial charge in [0.05, 0.1) is 11.4 Å². The third-order valence-electron chi connectivity index (χ3n) is 9.14.